The van der Waals surface area contributed by atoms with Crippen molar-refractivity contribution in [2.75, 3.05) is 14.2 Å². The minimum atomic E-state index is -0.761. The van der Waals surface area contributed by atoms with E-state index in [4.69, 9.17) is 0 Å². The number of halogens is 1. The molecule has 0 aliphatic heterocycles. The van der Waals surface area contributed by atoms with Gasteiger partial charge in [-0.25, -0.2) is 19.0 Å². The first-order chi connectivity index (χ1) is 10.1. The van der Waals surface area contributed by atoms with Gasteiger partial charge < -0.3 is 14.0 Å². The summed E-state index contributed by atoms with van der Waals surface area (Å²) in [7, 11) is 2.36. The van der Waals surface area contributed by atoms with Gasteiger partial charge in [-0.2, -0.15) is 0 Å². The second-order valence-electron chi connectivity index (χ2n) is 4.14. The lowest BCUT2D eigenvalue weighted by Gasteiger charge is -2.08. The van der Waals surface area contributed by atoms with E-state index in [0.29, 0.717) is 5.56 Å². The zero-order valence-electron chi connectivity index (χ0n) is 11.5. The molecule has 2 aromatic rings. The second-order valence-corrected chi connectivity index (χ2v) is 4.14. The van der Waals surface area contributed by atoms with E-state index in [-0.39, 0.29) is 17.9 Å². The van der Waals surface area contributed by atoms with Crippen molar-refractivity contribution in [3.8, 4) is 0 Å². The number of methoxy groups -OCH3 is 2. The van der Waals surface area contributed by atoms with Gasteiger partial charge in [-0.05, 0) is 6.07 Å². The van der Waals surface area contributed by atoms with Gasteiger partial charge in [-0.1, -0.05) is 18.2 Å². The zero-order valence-corrected chi connectivity index (χ0v) is 11.5. The summed E-state index contributed by atoms with van der Waals surface area (Å²) in [5, 5.41) is 0. The van der Waals surface area contributed by atoms with E-state index in [0.717, 1.165) is 0 Å². The van der Waals surface area contributed by atoms with Crippen LogP contribution in [-0.4, -0.2) is 35.7 Å². The quantitative estimate of drug-likeness (QED) is 0.801. The van der Waals surface area contributed by atoms with Crippen molar-refractivity contribution in [1.82, 2.24) is 9.55 Å². The fourth-order valence-corrected chi connectivity index (χ4v) is 1.87. The fraction of sp³-hybridized carbons (Fsp3) is 0.214. The molecule has 0 saturated heterocycles. The van der Waals surface area contributed by atoms with E-state index in [1.54, 1.807) is 18.2 Å². The third-order valence-corrected chi connectivity index (χ3v) is 2.89. The van der Waals surface area contributed by atoms with Crippen LogP contribution in [0.25, 0.3) is 0 Å². The molecule has 21 heavy (non-hydrogen) atoms. The van der Waals surface area contributed by atoms with Gasteiger partial charge in [0.15, 0.2) is 11.4 Å². The maximum Gasteiger partial charge on any atom is 0.359 e. The Balaban J connectivity index is 2.45. The maximum absolute atomic E-state index is 13.7. The molecule has 1 aromatic heterocycles. The summed E-state index contributed by atoms with van der Waals surface area (Å²) in [5.74, 6) is -1.92. The molecule has 0 unspecified atom stereocenters. The van der Waals surface area contributed by atoms with Crippen LogP contribution in [0.4, 0.5) is 4.39 Å². The van der Waals surface area contributed by atoms with Gasteiger partial charge in [0.1, 0.15) is 5.82 Å². The van der Waals surface area contributed by atoms with Crippen molar-refractivity contribution in [2.45, 2.75) is 6.54 Å². The summed E-state index contributed by atoms with van der Waals surface area (Å²) in [6.07, 6.45) is 1.27. The molecule has 0 atom stereocenters. The standard InChI is InChI=1S/C14H13FN2O4/c1-20-13(18)11-12(14(19)21-2)17(8-16-11)7-9-5-3-4-6-10(9)15/h3-6,8H,7H2,1-2H3. The minimum absolute atomic E-state index is 0.0428. The van der Waals surface area contributed by atoms with Crippen molar-refractivity contribution in [1.29, 1.82) is 0 Å². The molecule has 0 aliphatic carbocycles. The van der Waals surface area contributed by atoms with Crippen LogP contribution >= 0.6 is 0 Å². The molecule has 0 amide bonds. The molecule has 0 aliphatic rings. The highest BCUT2D eigenvalue weighted by atomic mass is 19.1. The topological polar surface area (TPSA) is 70.4 Å². The first-order valence-electron chi connectivity index (χ1n) is 6.03. The van der Waals surface area contributed by atoms with Gasteiger partial charge in [0.2, 0.25) is 0 Å². The fourth-order valence-electron chi connectivity index (χ4n) is 1.87. The van der Waals surface area contributed by atoms with Crippen LogP contribution in [0, 0.1) is 5.82 Å². The van der Waals surface area contributed by atoms with Gasteiger partial charge in [-0.15, -0.1) is 0 Å². The number of ether oxygens (including phenoxy) is 2. The molecular weight excluding hydrogens is 279 g/mol. The van der Waals surface area contributed by atoms with Crippen molar-refractivity contribution in [3.63, 3.8) is 0 Å². The van der Waals surface area contributed by atoms with Gasteiger partial charge >= 0.3 is 11.9 Å². The normalized spacial score (nSPS) is 10.2. The SMILES string of the molecule is COC(=O)c1ncn(Cc2ccccc2F)c1C(=O)OC. The third-order valence-electron chi connectivity index (χ3n) is 2.89. The summed E-state index contributed by atoms with van der Waals surface area (Å²) >= 11 is 0. The van der Waals surface area contributed by atoms with E-state index < -0.39 is 17.8 Å². The average Bonchev–Trinajstić information content (AvgIpc) is 2.91. The maximum atomic E-state index is 13.7. The number of nitrogens with zero attached hydrogens (tertiary/aromatic N) is 2. The van der Waals surface area contributed by atoms with E-state index in [1.807, 2.05) is 0 Å². The molecule has 0 fully saturated rings. The zero-order chi connectivity index (χ0) is 15.4. The lowest BCUT2D eigenvalue weighted by molar-refractivity contribution is 0.0544. The molecule has 0 spiro atoms. The number of rotatable bonds is 4. The largest absolute Gasteiger partial charge is 0.464 e. The highest BCUT2D eigenvalue weighted by molar-refractivity contribution is 6.00. The Kier molecular flexibility index (Phi) is 4.32. The van der Waals surface area contributed by atoms with Crippen LogP contribution in [-0.2, 0) is 16.0 Å². The molecule has 0 radical (unpaired) electrons. The second kappa shape index (κ2) is 6.17. The highest BCUT2D eigenvalue weighted by Crippen LogP contribution is 2.15. The Morgan fingerprint density at radius 2 is 1.86 bits per heavy atom. The molecule has 0 saturated carbocycles. The van der Waals surface area contributed by atoms with Gasteiger partial charge in [0.05, 0.1) is 27.1 Å². The van der Waals surface area contributed by atoms with Crippen LogP contribution in [0.5, 0.6) is 0 Å². The minimum Gasteiger partial charge on any atom is -0.464 e. The van der Waals surface area contributed by atoms with Crippen LogP contribution < -0.4 is 0 Å². The molecule has 0 N–H and O–H groups in total. The molecule has 1 aromatic carbocycles. The molecular formula is C14H13FN2O4. The molecule has 110 valence electrons. The van der Waals surface area contributed by atoms with Crippen LogP contribution in [0.3, 0.4) is 0 Å². The summed E-state index contributed by atoms with van der Waals surface area (Å²) < 4.78 is 24.2. The van der Waals surface area contributed by atoms with E-state index in [1.165, 1.54) is 31.2 Å². The summed E-state index contributed by atoms with van der Waals surface area (Å²) in [4.78, 5) is 27.3. The van der Waals surface area contributed by atoms with Crippen molar-refractivity contribution >= 4 is 11.9 Å². The number of imidazole rings is 1. The predicted molar refractivity (Wildman–Crippen MR) is 70.4 cm³/mol. The Morgan fingerprint density at radius 3 is 2.48 bits per heavy atom. The number of aromatic nitrogens is 2. The summed E-state index contributed by atoms with van der Waals surface area (Å²) in [5.41, 5.74) is 0.116. The predicted octanol–water partition coefficient (Wildman–Crippen LogP) is 1.64. The lowest BCUT2D eigenvalue weighted by atomic mass is 10.2. The summed E-state index contributed by atoms with van der Waals surface area (Å²) in [6.45, 7) is 0.0428. The Morgan fingerprint density at radius 1 is 1.19 bits per heavy atom. The number of esters is 2. The Hall–Kier alpha value is -2.70. The van der Waals surface area contributed by atoms with Crippen molar-refractivity contribution < 1.29 is 23.5 Å². The Labute approximate surface area is 120 Å². The molecule has 7 heteroatoms. The van der Waals surface area contributed by atoms with Gasteiger partial charge in [0, 0.05) is 5.56 Å². The number of carbonyl (C=O) groups excluding carboxylic acids is 2. The smallest absolute Gasteiger partial charge is 0.359 e. The average molecular weight is 292 g/mol. The van der Waals surface area contributed by atoms with Crippen LogP contribution in [0.1, 0.15) is 26.5 Å². The van der Waals surface area contributed by atoms with Gasteiger partial charge in [-0.3, -0.25) is 0 Å². The van der Waals surface area contributed by atoms with Crippen molar-refractivity contribution in [3.05, 3.63) is 53.4 Å². The highest BCUT2D eigenvalue weighted by Gasteiger charge is 2.25. The van der Waals surface area contributed by atoms with Crippen molar-refractivity contribution in [2.24, 2.45) is 0 Å². The molecule has 0 bridgehead atoms. The first kappa shape index (κ1) is 14.7. The number of carbonyl (C=O) groups is 2. The molecule has 6 nitrogen and oxygen atoms in total. The summed E-state index contributed by atoms with van der Waals surface area (Å²) in [6, 6.07) is 6.13. The number of hydrogen-bond donors (Lipinski definition) is 0. The van der Waals surface area contributed by atoms with Crippen LogP contribution in [0.2, 0.25) is 0 Å². The molecule has 2 rings (SSSR count). The third kappa shape index (κ3) is 2.91. The van der Waals surface area contributed by atoms with E-state index in [2.05, 4.69) is 14.5 Å². The Bertz CT molecular complexity index is 681. The van der Waals surface area contributed by atoms with E-state index in [9.17, 15) is 14.0 Å². The first-order valence-corrected chi connectivity index (χ1v) is 6.03. The number of hydrogen-bond acceptors (Lipinski definition) is 5. The molecule has 1 heterocycles. The van der Waals surface area contributed by atoms with E-state index >= 15 is 0 Å². The lowest BCUT2D eigenvalue weighted by Crippen LogP contribution is -2.16. The van der Waals surface area contributed by atoms with Crippen LogP contribution in [0.15, 0.2) is 30.6 Å². The van der Waals surface area contributed by atoms with Gasteiger partial charge in [0.25, 0.3) is 0 Å². The monoisotopic (exact) mass is 292 g/mol. The number of benzene rings is 1.